The van der Waals surface area contributed by atoms with Crippen LogP contribution in [0.25, 0.3) is 0 Å². The Morgan fingerprint density at radius 1 is 1.09 bits per heavy atom. The molecule has 12 heteroatoms. The SMILES string of the molecule is CSc1ccccc1NC(=O)CN(C)C(=O)[C@H](C)NS(=O)(=O)c1ccccc1C(F)(F)F. The third kappa shape index (κ3) is 6.47. The second-order valence-corrected chi connectivity index (χ2v) is 9.31. The number of anilines is 1. The zero-order chi connectivity index (χ0) is 24.1. The highest BCUT2D eigenvalue weighted by Gasteiger charge is 2.37. The molecule has 0 unspecified atom stereocenters. The molecule has 32 heavy (non-hydrogen) atoms. The van der Waals surface area contributed by atoms with Gasteiger partial charge < -0.3 is 10.2 Å². The van der Waals surface area contributed by atoms with E-state index in [1.54, 1.807) is 12.1 Å². The van der Waals surface area contributed by atoms with Gasteiger partial charge in [-0.3, -0.25) is 9.59 Å². The molecule has 2 amide bonds. The number of hydrogen-bond acceptors (Lipinski definition) is 5. The van der Waals surface area contributed by atoms with Gasteiger partial charge in [0.1, 0.15) is 0 Å². The average Bonchev–Trinajstić information content (AvgIpc) is 2.72. The topological polar surface area (TPSA) is 95.6 Å². The summed E-state index contributed by atoms with van der Waals surface area (Å²) in [6.07, 6.45) is -3.05. The van der Waals surface area contributed by atoms with Gasteiger partial charge in [0.15, 0.2) is 0 Å². The minimum Gasteiger partial charge on any atom is -0.335 e. The van der Waals surface area contributed by atoms with Gasteiger partial charge in [0.05, 0.1) is 28.7 Å². The third-order valence-corrected chi connectivity index (χ3v) is 6.72. The smallest absolute Gasteiger partial charge is 0.335 e. The molecule has 2 N–H and O–H groups in total. The van der Waals surface area contributed by atoms with Crippen LogP contribution in [0.4, 0.5) is 18.9 Å². The van der Waals surface area contributed by atoms with Gasteiger partial charge in [-0.2, -0.15) is 17.9 Å². The largest absolute Gasteiger partial charge is 0.417 e. The first-order valence-electron chi connectivity index (χ1n) is 9.23. The third-order valence-electron chi connectivity index (χ3n) is 4.32. The molecule has 0 saturated carbocycles. The Hall–Kier alpha value is -2.57. The summed E-state index contributed by atoms with van der Waals surface area (Å²) >= 11 is 1.42. The molecule has 2 aromatic carbocycles. The Balaban J connectivity index is 2.08. The molecule has 0 fully saturated rings. The van der Waals surface area contributed by atoms with Gasteiger partial charge in [0, 0.05) is 11.9 Å². The molecule has 0 radical (unpaired) electrons. The molecule has 0 aromatic heterocycles. The summed E-state index contributed by atoms with van der Waals surface area (Å²) in [7, 11) is -3.37. The molecule has 0 aliphatic heterocycles. The summed E-state index contributed by atoms with van der Waals surface area (Å²) in [6, 6.07) is 9.31. The lowest BCUT2D eigenvalue weighted by atomic mass is 10.2. The van der Waals surface area contributed by atoms with Crippen molar-refractivity contribution in [2.45, 2.75) is 28.9 Å². The minimum absolute atomic E-state index is 0.382. The monoisotopic (exact) mass is 489 g/mol. The number of carbonyl (C=O) groups excluding carboxylic acids is 2. The number of amides is 2. The van der Waals surface area contributed by atoms with Gasteiger partial charge >= 0.3 is 6.18 Å². The molecule has 0 bridgehead atoms. The Kier molecular flexibility index (Phi) is 8.32. The molecule has 7 nitrogen and oxygen atoms in total. The van der Waals surface area contributed by atoms with E-state index < -0.39 is 44.5 Å². The fourth-order valence-electron chi connectivity index (χ4n) is 2.84. The maximum Gasteiger partial charge on any atom is 0.417 e. The zero-order valence-electron chi connectivity index (χ0n) is 17.4. The number of rotatable bonds is 8. The van der Waals surface area contributed by atoms with Crippen molar-refractivity contribution in [1.29, 1.82) is 0 Å². The van der Waals surface area contributed by atoms with Gasteiger partial charge in [-0.1, -0.05) is 24.3 Å². The number of nitrogens with one attached hydrogen (secondary N) is 2. The molecule has 1 atom stereocenters. The lowest BCUT2D eigenvalue weighted by Crippen LogP contribution is -2.47. The van der Waals surface area contributed by atoms with Crippen molar-refractivity contribution < 1.29 is 31.2 Å². The van der Waals surface area contributed by atoms with Crippen LogP contribution in [0.2, 0.25) is 0 Å². The minimum atomic E-state index is -4.89. The molecule has 0 aliphatic carbocycles. The summed E-state index contributed by atoms with van der Waals surface area (Å²) in [5.41, 5.74) is -0.782. The summed E-state index contributed by atoms with van der Waals surface area (Å²) in [4.78, 5) is 25.7. The van der Waals surface area contributed by atoms with E-state index in [1.165, 1.54) is 25.7 Å². The average molecular weight is 490 g/mol. The number of benzene rings is 2. The number of carbonyl (C=O) groups is 2. The molecule has 0 heterocycles. The molecule has 0 aliphatic rings. The van der Waals surface area contributed by atoms with Crippen LogP contribution in [0.1, 0.15) is 12.5 Å². The number of likely N-dealkylation sites (N-methyl/N-ethyl adjacent to an activating group) is 1. The highest BCUT2D eigenvalue weighted by Crippen LogP contribution is 2.34. The Bertz CT molecular complexity index is 1090. The maximum atomic E-state index is 13.2. The summed E-state index contributed by atoms with van der Waals surface area (Å²) < 4.78 is 66.5. The predicted octanol–water partition coefficient (Wildman–Crippen LogP) is 3.19. The number of alkyl halides is 3. The molecule has 2 rings (SSSR count). The van der Waals surface area contributed by atoms with Crippen molar-refractivity contribution in [2.75, 3.05) is 25.2 Å². The van der Waals surface area contributed by atoms with Crippen molar-refractivity contribution in [2.24, 2.45) is 0 Å². The lowest BCUT2D eigenvalue weighted by molar-refractivity contribution is -0.139. The number of sulfonamides is 1. The van der Waals surface area contributed by atoms with Crippen LogP contribution in [-0.4, -0.2) is 51.0 Å². The predicted molar refractivity (Wildman–Crippen MR) is 116 cm³/mol. The van der Waals surface area contributed by atoms with E-state index in [0.717, 1.165) is 28.0 Å². The molecular weight excluding hydrogens is 467 g/mol. The number of thioether (sulfide) groups is 1. The number of para-hydroxylation sites is 1. The first-order valence-corrected chi connectivity index (χ1v) is 11.9. The Morgan fingerprint density at radius 3 is 2.31 bits per heavy atom. The van der Waals surface area contributed by atoms with Gasteiger partial charge in [-0.25, -0.2) is 8.42 Å². The van der Waals surface area contributed by atoms with Crippen LogP contribution < -0.4 is 10.0 Å². The molecular formula is C20H22F3N3O4S2. The van der Waals surface area contributed by atoms with E-state index in [0.29, 0.717) is 11.8 Å². The van der Waals surface area contributed by atoms with Gasteiger partial charge in [-0.05, 0) is 37.4 Å². The van der Waals surface area contributed by atoms with Gasteiger partial charge in [0.25, 0.3) is 0 Å². The normalized spacial score (nSPS) is 12.8. The second kappa shape index (κ2) is 10.4. The van der Waals surface area contributed by atoms with Crippen LogP contribution in [-0.2, 0) is 25.8 Å². The Labute approximate surface area is 188 Å². The number of hydrogen-bond donors (Lipinski definition) is 2. The van der Waals surface area contributed by atoms with Crippen molar-refractivity contribution >= 4 is 39.3 Å². The van der Waals surface area contributed by atoms with Crippen molar-refractivity contribution in [3.8, 4) is 0 Å². The first-order chi connectivity index (χ1) is 14.9. The first kappa shape index (κ1) is 25.7. The number of halogens is 3. The fourth-order valence-corrected chi connectivity index (χ4v) is 4.82. The fraction of sp³-hybridized carbons (Fsp3) is 0.300. The van der Waals surface area contributed by atoms with Crippen molar-refractivity contribution in [3.05, 3.63) is 54.1 Å². The summed E-state index contributed by atoms with van der Waals surface area (Å²) in [6.45, 7) is 0.806. The van der Waals surface area contributed by atoms with E-state index in [1.807, 2.05) is 23.1 Å². The zero-order valence-corrected chi connectivity index (χ0v) is 19.1. The van der Waals surface area contributed by atoms with E-state index in [-0.39, 0.29) is 6.54 Å². The maximum absolute atomic E-state index is 13.2. The van der Waals surface area contributed by atoms with Gasteiger partial charge in [-0.15, -0.1) is 11.8 Å². The quantitative estimate of drug-likeness (QED) is 0.556. The van der Waals surface area contributed by atoms with Crippen LogP contribution >= 0.6 is 11.8 Å². The standard InChI is InChI=1S/C20H22F3N3O4S2/c1-13(25-32(29,30)17-11-7-4-8-14(17)20(21,22)23)19(28)26(2)12-18(27)24-15-9-5-6-10-16(15)31-3/h4-11,13,25H,12H2,1-3H3,(H,24,27)/t13-/m0/s1. The van der Waals surface area contributed by atoms with Crippen LogP contribution in [0.3, 0.4) is 0 Å². The van der Waals surface area contributed by atoms with E-state index in [9.17, 15) is 31.2 Å². The summed E-state index contributed by atoms with van der Waals surface area (Å²) in [5, 5.41) is 2.67. The van der Waals surface area contributed by atoms with Crippen molar-refractivity contribution in [1.82, 2.24) is 9.62 Å². The molecule has 0 spiro atoms. The van der Waals surface area contributed by atoms with Crippen LogP contribution in [0.15, 0.2) is 58.3 Å². The van der Waals surface area contributed by atoms with E-state index in [2.05, 4.69) is 5.32 Å². The van der Waals surface area contributed by atoms with Crippen molar-refractivity contribution in [3.63, 3.8) is 0 Å². The molecule has 174 valence electrons. The molecule has 0 saturated heterocycles. The Morgan fingerprint density at radius 2 is 1.69 bits per heavy atom. The second-order valence-electron chi connectivity index (χ2n) is 6.78. The van der Waals surface area contributed by atoms with E-state index in [4.69, 9.17) is 0 Å². The van der Waals surface area contributed by atoms with Crippen LogP contribution in [0, 0.1) is 0 Å². The molecule has 2 aromatic rings. The van der Waals surface area contributed by atoms with Gasteiger partial charge in [0.2, 0.25) is 21.8 Å². The number of nitrogens with zero attached hydrogens (tertiary/aromatic N) is 1. The lowest BCUT2D eigenvalue weighted by Gasteiger charge is -2.22. The van der Waals surface area contributed by atoms with Crippen LogP contribution in [0.5, 0.6) is 0 Å². The van der Waals surface area contributed by atoms with E-state index >= 15 is 0 Å². The highest BCUT2D eigenvalue weighted by atomic mass is 32.2. The summed E-state index contributed by atoms with van der Waals surface area (Å²) in [5.74, 6) is -1.30. The highest BCUT2D eigenvalue weighted by molar-refractivity contribution is 7.98.